The second-order valence-corrected chi connectivity index (χ2v) is 8.12. The topological polar surface area (TPSA) is 38.1 Å². The van der Waals surface area contributed by atoms with Crippen molar-refractivity contribution in [3.05, 3.63) is 58.9 Å². The van der Waals surface area contributed by atoms with Crippen molar-refractivity contribution in [1.82, 2.24) is 9.55 Å². The van der Waals surface area contributed by atoms with Gasteiger partial charge in [0.25, 0.3) is 0 Å². The van der Waals surface area contributed by atoms with Gasteiger partial charge >= 0.3 is 0 Å². The minimum absolute atomic E-state index is 0.136. The molecule has 1 amide bonds. The van der Waals surface area contributed by atoms with E-state index in [1.54, 1.807) is 0 Å². The van der Waals surface area contributed by atoms with Gasteiger partial charge in [0.2, 0.25) is 5.91 Å². The molecule has 0 spiro atoms. The number of aryl methyl sites for hydroxylation is 4. The summed E-state index contributed by atoms with van der Waals surface area (Å²) in [5.74, 6) is 1.40. The molecule has 1 unspecified atom stereocenters. The molecule has 2 aromatic carbocycles. The van der Waals surface area contributed by atoms with E-state index in [0.29, 0.717) is 13.0 Å². The number of anilines is 1. The molecule has 0 bridgehead atoms. The summed E-state index contributed by atoms with van der Waals surface area (Å²) in [5, 5.41) is 0. The molecule has 2 heterocycles. The number of amides is 1. The van der Waals surface area contributed by atoms with Crippen molar-refractivity contribution in [3.8, 4) is 0 Å². The molecule has 4 rings (SSSR count). The van der Waals surface area contributed by atoms with Crippen LogP contribution in [0.5, 0.6) is 0 Å². The van der Waals surface area contributed by atoms with Gasteiger partial charge in [0.15, 0.2) is 0 Å². The molecule has 0 saturated carbocycles. The molecular weight excluding hydrogens is 346 g/mol. The normalized spacial score (nSPS) is 17.1. The zero-order valence-corrected chi connectivity index (χ0v) is 17.3. The number of benzene rings is 2. The highest BCUT2D eigenvalue weighted by molar-refractivity contribution is 5.98. The Morgan fingerprint density at radius 3 is 2.54 bits per heavy atom. The van der Waals surface area contributed by atoms with E-state index in [-0.39, 0.29) is 11.8 Å². The Morgan fingerprint density at radius 2 is 1.82 bits per heavy atom. The zero-order valence-electron chi connectivity index (χ0n) is 17.3. The lowest BCUT2D eigenvalue weighted by molar-refractivity contribution is -0.117. The van der Waals surface area contributed by atoms with E-state index in [9.17, 15) is 4.79 Å². The Labute approximate surface area is 167 Å². The summed E-state index contributed by atoms with van der Waals surface area (Å²) in [5.41, 5.74) is 6.87. The van der Waals surface area contributed by atoms with Gasteiger partial charge < -0.3 is 9.47 Å². The first-order valence-electron chi connectivity index (χ1n) is 10.3. The fraction of sp³-hybridized carbons (Fsp3) is 0.417. The lowest BCUT2D eigenvalue weighted by atomic mass is 10.0. The van der Waals surface area contributed by atoms with Gasteiger partial charge in [-0.05, 0) is 50.5 Å². The molecule has 1 atom stereocenters. The van der Waals surface area contributed by atoms with Gasteiger partial charge in [-0.1, -0.05) is 43.2 Å². The number of fused-ring (bicyclic) bond motifs is 1. The van der Waals surface area contributed by atoms with Crippen molar-refractivity contribution in [2.24, 2.45) is 0 Å². The maximum absolute atomic E-state index is 13.0. The largest absolute Gasteiger partial charge is 0.328 e. The second-order valence-electron chi connectivity index (χ2n) is 8.12. The summed E-state index contributed by atoms with van der Waals surface area (Å²) in [6, 6.07) is 12.7. The summed E-state index contributed by atoms with van der Waals surface area (Å²) < 4.78 is 2.34. The smallest absolute Gasteiger partial charge is 0.227 e. The van der Waals surface area contributed by atoms with Crippen LogP contribution in [0.25, 0.3) is 11.0 Å². The average molecular weight is 376 g/mol. The van der Waals surface area contributed by atoms with Gasteiger partial charge in [-0.2, -0.15) is 0 Å². The summed E-state index contributed by atoms with van der Waals surface area (Å²) in [7, 11) is 0. The first-order chi connectivity index (χ1) is 13.5. The first kappa shape index (κ1) is 18.7. The third-order valence-corrected chi connectivity index (χ3v) is 5.81. The van der Waals surface area contributed by atoms with Gasteiger partial charge in [-0.3, -0.25) is 4.79 Å². The summed E-state index contributed by atoms with van der Waals surface area (Å²) in [6.45, 7) is 10.2. The van der Waals surface area contributed by atoms with E-state index < -0.39 is 0 Å². The van der Waals surface area contributed by atoms with Crippen molar-refractivity contribution >= 4 is 22.6 Å². The van der Waals surface area contributed by atoms with Gasteiger partial charge in [0, 0.05) is 31.1 Å². The number of imidazole rings is 1. The number of rotatable bonds is 5. The van der Waals surface area contributed by atoms with Crippen molar-refractivity contribution in [2.75, 3.05) is 11.4 Å². The third-order valence-electron chi connectivity index (χ3n) is 5.81. The van der Waals surface area contributed by atoms with E-state index in [1.165, 1.54) is 22.2 Å². The number of aromatic nitrogens is 2. The van der Waals surface area contributed by atoms with Gasteiger partial charge in [-0.15, -0.1) is 0 Å². The highest BCUT2D eigenvalue weighted by atomic mass is 16.2. The molecule has 1 fully saturated rings. The molecule has 4 nitrogen and oxygen atoms in total. The fourth-order valence-corrected chi connectivity index (χ4v) is 4.65. The molecule has 3 aromatic rings. The summed E-state index contributed by atoms with van der Waals surface area (Å²) in [4.78, 5) is 19.9. The van der Waals surface area contributed by atoms with Crippen molar-refractivity contribution in [2.45, 2.75) is 59.4 Å². The highest BCUT2D eigenvalue weighted by Gasteiger charge is 2.35. The van der Waals surface area contributed by atoms with E-state index in [0.717, 1.165) is 36.4 Å². The van der Waals surface area contributed by atoms with Crippen molar-refractivity contribution in [1.29, 1.82) is 0 Å². The second kappa shape index (κ2) is 7.42. The Balaban J connectivity index is 1.72. The lowest BCUT2D eigenvalue weighted by Crippen LogP contribution is -2.26. The Morgan fingerprint density at radius 1 is 1.11 bits per heavy atom. The summed E-state index contributed by atoms with van der Waals surface area (Å²) in [6.07, 6.45) is 2.79. The molecule has 1 saturated heterocycles. The zero-order chi connectivity index (χ0) is 19.8. The van der Waals surface area contributed by atoms with E-state index in [1.807, 2.05) is 11.0 Å². The summed E-state index contributed by atoms with van der Waals surface area (Å²) >= 11 is 0. The maximum Gasteiger partial charge on any atom is 0.227 e. The molecule has 0 radical (unpaired) electrons. The number of hydrogen-bond donors (Lipinski definition) is 0. The quantitative estimate of drug-likeness (QED) is 0.608. The minimum Gasteiger partial charge on any atom is -0.328 e. The molecule has 146 valence electrons. The number of carbonyl (C=O) groups excluding carboxylic acids is 1. The molecule has 28 heavy (non-hydrogen) atoms. The standard InChI is InChI=1S/C24H29N3O/c1-5-6-11-26-21-10-8-7-9-20(21)25-24(26)19-14-22(28)27(15-19)23-17(3)12-16(2)13-18(23)4/h7-10,12-13,19H,5-6,11,14-15H2,1-4H3. The highest BCUT2D eigenvalue weighted by Crippen LogP contribution is 2.36. The predicted molar refractivity (Wildman–Crippen MR) is 115 cm³/mol. The maximum atomic E-state index is 13.0. The van der Waals surface area contributed by atoms with Crippen LogP contribution in [-0.4, -0.2) is 22.0 Å². The monoisotopic (exact) mass is 375 g/mol. The number of para-hydroxylation sites is 2. The fourth-order valence-electron chi connectivity index (χ4n) is 4.65. The van der Waals surface area contributed by atoms with Gasteiger partial charge in [-0.25, -0.2) is 4.98 Å². The van der Waals surface area contributed by atoms with Crippen LogP contribution in [0.2, 0.25) is 0 Å². The molecule has 4 heteroatoms. The van der Waals surface area contributed by atoms with Crippen molar-refractivity contribution < 1.29 is 4.79 Å². The SMILES string of the molecule is CCCCn1c(C2CC(=O)N(c3c(C)cc(C)cc3C)C2)nc2ccccc21. The molecule has 1 aliphatic rings. The Kier molecular flexibility index (Phi) is 4.96. The first-order valence-corrected chi connectivity index (χ1v) is 10.3. The van der Waals surface area contributed by atoms with Crippen LogP contribution < -0.4 is 4.90 Å². The lowest BCUT2D eigenvalue weighted by Gasteiger charge is -2.22. The number of carbonyl (C=O) groups is 1. The van der Waals surface area contributed by atoms with Crippen LogP contribution >= 0.6 is 0 Å². The third kappa shape index (κ3) is 3.21. The van der Waals surface area contributed by atoms with Crippen LogP contribution in [0.3, 0.4) is 0 Å². The molecular formula is C24H29N3O. The molecule has 0 aliphatic carbocycles. The van der Waals surface area contributed by atoms with Crippen LogP contribution in [0.1, 0.15) is 54.6 Å². The van der Waals surface area contributed by atoms with E-state index in [2.05, 4.69) is 62.6 Å². The van der Waals surface area contributed by atoms with E-state index in [4.69, 9.17) is 4.98 Å². The Hall–Kier alpha value is -2.62. The Bertz CT molecular complexity index is 1010. The molecule has 0 N–H and O–H groups in total. The van der Waals surface area contributed by atoms with E-state index >= 15 is 0 Å². The molecule has 1 aromatic heterocycles. The van der Waals surface area contributed by atoms with Crippen LogP contribution in [0, 0.1) is 20.8 Å². The molecule has 1 aliphatic heterocycles. The van der Waals surface area contributed by atoms with Crippen molar-refractivity contribution in [3.63, 3.8) is 0 Å². The van der Waals surface area contributed by atoms with Crippen LogP contribution in [0.15, 0.2) is 36.4 Å². The number of hydrogen-bond acceptors (Lipinski definition) is 2. The van der Waals surface area contributed by atoms with Gasteiger partial charge in [0.1, 0.15) is 5.82 Å². The van der Waals surface area contributed by atoms with Crippen LogP contribution in [-0.2, 0) is 11.3 Å². The minimum atomic E-state index is 0.136. The average Bonchev–Trinajstić information content (AvgIpc) is 3.20. The number of nitrogens with zero attached hydrogens (tertiary/aromatic N) is 3. The van der Waals surface area contributed by atoms with Crippen LogP contribution in [0.4, 0.5) is 5.69 Å². The predicted octanol–water partition coefficient (Wildman–Crippen LogP) is 5.28. The van der Waals surface area contributed by atoms with Gasteiger partial charge in [0.05, 0.1) is 11.0 Å². The number of unbranched alkanes of at least 4 members (excludes halogenated alkanes) is 1.